The van der Waals surface area contributed by atoms with Gasteiger partial charge in [0.1, 0.15) is 5.75 Å². The van der Waals surface area contributed by atoms with Gasteiger partial charge in [0.15, 0.2) is 0 Å². The lowest BCUT2D eigenvalue weighted by molar-refractivity contribution is 0.302. The first-order valence-electron chi connectivity index (χ1n) is 6.44. The molecular weight excluding hydrogens is 238 g/mol. The minimum absolute atomic E-state index is 0.155. The average Bonchev–Trinajstić information content (AvgIpc) is 2.46. The Labute approximate surface area is 113 Å². The summed E-state index contributed by atoms with van der Waals surface area (Å²) in [5.41, 5.74) is 0.920. The summed E-state index contributed by atoms with van der Waals surface area (Å²) in [5, 5.41) is 13.1. The van der Waals surface area contributed by atoms with Crippen LogP contribution < -0.4 is 10.1 Å². The number of aromatic nitrogens is 1. The number of hydrogen-bond acceptors (Lipinski definition) is 4. The first-order valence-corrected chi connectivity index (χ1v) is 6.44. The molecule has 2 rings (SSSR count). The van der Waals surface area contributed by atoms with E-state index in [0.29, 0.717) is 13.0 Å². The third kappa shape index (κ3) is 3.43. The monoisotopic (exact) mass is 255 g/mol. The summed E-state index contributed by atoms with van der Waals surface area (Å²) in [6.45, 7) is 3.29. The minimum Gasteiger partial charge on any atom is -0.493 e. The van der Waals surface area contributed by atoms with Crippen molar-refractivity contribution >= 4 is 10.9 Å². The molecule has 0 aliphatic heterocycles. The van der Waals surface area contributed by atoms with E-state index in [1.165, 1.54) is 0 Å². The lowest BCUT2D eigenvalue weighted by Crippen LogP contribution is -2.28. The van der Waals surface area contributed by atoms with Crippen LogP contribution in [-0.2, 0) is 0 Å². The summed E-state index contributed by atoms with van der Waals surface area (Å²) >= 11 is 0. The van der Waals surface area contributed by atoms with Crippen molar-refractivity contribution in [2.24, 2.45) is 0 Å². The highest BCUT2D eigenvalue weighted by molar-refractivity contribution is 5.84. The van der Waals surface area contributed by atoms with Crippen LogP contribution in [-0.4, -0.2) is 24.2 Å². The van der Waals surface area contributed by atoms with Gasteiger partial charge >= 0.3 is 0 Å². The van der Waals surface area contributed by atoms with Gasteiger partial charge in [-0.05, 0) is 30.8 Å². The zero-order valence-electron chi connectivity index (χ0n) is 11.0. The van der Waals surface area contributed by atoms with E-state index in [2.05, 4.69) is 16.4 Å². The first-order chi connectivity index (χ1) is 9.35. The normalized spacial score (nSPS) is 12.0. The van der Waals surface area contributed by atoms with Crippen molar-refractivity contribution in [3.63, 3.8) is 0 Å². The first kappa shape index (κ1) is 13.3. The van der Waals surface area contributed by atoms with Crippen LogP contribution in [0.1, 0.15) is 13.3 Å². The maximum atomic E-state index is 8.95. The Morgan fingerprint density at radius 2 is 2.26 bits per heavy atom. The number of hydrogen-bond donors (Lipinski definition) is 1. The number of nitrogens with zero attached hydrogens (tertiary/aromatic N) is 2. The van der Waals surface area contributed by atoms with Crippen LogP contribution in [0.15, 0.2) is 36.5 Å². The number of benzene rings is 1. The molecule has 0 aliphatic rings. The van der Waals surface area contributed by atoms with Crippen LogP contribution in [0.4, 0.5) is 0 Å². The molecule has 0 spiro atoms. The van der Waals surface area contributed by atoms with Gasteiger partial charge in [0, 0.05) is 18.0 Å². The van der Waals surface area contributed by atoms with Crippen LogP contribution in [0.25, 0.3) is 10.9 Å². The Hall–Kier alpha value is -2.12. The van der Waals surface area contributed by atoms with Gasteiger partial charge in [0.05, 0.1) is 24.2 Å². The quantitative estimate of drug-likeness (QED) is 0.861. The molecule has 0 bridgehead atoms. The van der Waals surface area contributed by atoms with Gasteiger partial charge in [0.2, 0.25) is 0 Å². The zero-order valence-corrected chi connectivity index (χ0v) is 11.0. The molecule has 19 heavy (non-hydrogen) atoms. The Morgan fingerprint density at radius 3 is 3.05 bits per heavy atom. The van der Waals surface area contributed by atoms with Crippen LogP contribution in [0.5, 0.6) is 5.75 Å². The van der Waals surface area contributed by atoms with Crippen molar-refractivity contribution in [3.8, 4) is 11.8 Å². The van der Waals surface area contributed by atoms with E-state index in [-0.39, 0.29) is 6.04 Å². The number of ether oxygens (including phenoxy) is 1. The molecule has 0 radical (unpaired) electrons. The molecule has 98 valence electrons. The zero-order chi connectivity index (χ0) is 13.5. The molecule has 4 nitrogen and oxygen atoms in total. The predicted octanol–water partition coefficient (Wildman–Crippen LogP) is 2.51. The lowest BCUT2D eigenvalue weighted by Gasteiger charge is -2.12. The molecule has 0 amide bonds. The van der Waals surface area contributed by atoms with Crippen LogP contribution in [0, 0.1) is 11.3 Å². The highest BCUT2D eigenvalue weighted by atomic mass is 16.5. The second-order valence-electron chi connectivity index (χ2n) is 4.20. The van der Waals surface area contributed by atoms with E-state index in [1.807, 2.05) is 37.3 Å². The maximum absolute atomic E-state index is 8.95. The summed E-state index contributed by atoms with van der Waals surface area (Å²) in [6, 6.07) is 11.8. The van der Waals surface area contributed by atoms with Crippen molar-refractivity contribution in [2.45, 2.75) is 19.4 Å². The highest BCUT2D eigenvalue weighted by Crippen LogP contribution is 2.23. The lowest BCUT2D eigenvalue weighted by atomic mass is 10.2. The fraction of sp³-hybridized carbons (Fsp3) is 0.333. The molecule has 1 heterocycles. The van der Waals surface area contributed by atoms with Gasteiger partial charge in [-0.25, -0.2) is 0 Å². The number of nitrogens with one attached hydrogen (secondary N) is 1. The summed E-state index contributed by atoms with van der Waals surface area (Å²) in [6.07, 6.45) is 2.43. The van der Waals surface area contributed by atoms with Crippen LogP contribution in [0.3, 0.4) is 0 Å². The van der Waals surface area contributed by atoms with E-state index in [0.717, 1.165) is 23.2 Å². The summed E-state index contributed by atoms with van der Waals surface area (Å²) in [7, 11) is 0. The van der Waals surface area contributed by atoms with E-state index in [9.17, 15) is 0 Å². The summed E-state index contributed by atoms with van der Waals surface area (Å²) in [4.78, 5) is 4.29. The molecule has 2 aromatic rings. The Kier molecular flexibility index (Phi) is 4.71. The van der Waals surface area contributed by atoms with Crippen molar-refractivity contribution in [2.75, 3.05) is 13.2 Å². The fourth-order valence-corrected chi connectivity index (χ4v) is 1.95. The third-order valence-electron chi connectivity index (χ3n) is 2.88. The minimum atomic E-state index is -0.155. The summed E-state index contributed by atoms with van der Waals surface area (Å²) < 4.78 is 5.77. The van der Waals surface area contributed by atoms with Gasteiger partial charge in [0.25, 0.3) is 0 Å². The smallest absolute Gasteiger partial charge is 0.128 e. The molecule has 0 saturated carbocycles. The average molecular weight is 255 g/mol. The number of nitriles is 1. The van der Waals surface area contributed by atoms with Crippen LogP contribution >= 0.6 is 0 Å². The third-order valence-corrected chi connectivity index (χ3v) is 2.88. The largest absolute Gasteiger partial charge is 0.493 e. The van der Waals surface area contributed by atoms with E-state index >= 15 is 0 Å². The molecule has 1 aromatic heterocycles. The fourth-order valence-electron chi connectivity index (χ4n) is 1.95. The van der Waals surface area contributed by atoms with E-state index < -0.39 is 0 Å². The van der Waals surface area contributed by atoms with Gasteiger partial charge in [-0.3, -0.25) is 4.98 Å². The molecule has 1 N–H and O–H groups in total. The highest BCUT2D eigenvalue weighted by Gasteiger charge is 2.06. The molecule has 0 aliphatic carbocycles. The van der Waals surface area contributed by atoms with Crippen molar-refractivity contribution in [3.05, 3.63) is 36.5 Å². The molecule has 1 atom stereocenters. The Balaban J connectivity index is 2.00. The predicted molar refractivity (Wildman–Crippen MR) is 74.9 cm³/mol. The Bertz CT molecular complexity index is 572. The standard InChI is InChI=1S/C15H17N3O/c1-2-17-12(11-16)8-10-19-15-7-3-6-14-13(15)5-4-9-18-14/h3-7,9,12,17H,2,8,10H2,1H3. The number of fused-ring (bicyclic) bond motifs is 1. The molecular formula is C15H17N3O. The molecule has 4 heteroatoms. The SMILES string of the molecule is CCNC(C#N)CCOc1cccc2ncccc12. The van der Waals surface area contributed by atoms with Gasteiger partial charge in [-0.2, -0.15) is 5.26 Å². The second-order valence-corrected chi connectivity index (χ2v) is 4.20. The van der Waals surface area contributed by atoms with Crippen molar-refractivity contribution in [1.29, 1.82) is 5.26 Å². The molecule has 0 fully saturated rings. The summed E-state index contributed by atoms with van der Waals surface area (Å²) in [5.74, 6) is 0.818. The Morgan fingerprint density at radius 1 is 1.37 bits per heavy atom. The van der Waals surface area contributed by atoms with Gasteiger partial charge in [-0.1, -0.05) is 13.0 Å². The molecule has 0 saturated heterocycles. The molecule has 1 unspecified atom stereocenters. The van der Waals surface area contributed by atoms with Crippen molar-refractivity contribution < 1.29 is 4.74 Å². The van der Waals surface area contributed by atoms with Gasteiger partial charge < -0.3 is 10.1 Å². The van der Waals surface area contributed by atoms with E-state index in [4.69, 9.17) is 10.00 Å². The van der Waals surface area contributed by atoms with Crippen LogP contribution in [0.2, 0.25) is 0 Å². The molecule has 1 aromatic carbocycles. The second kappa shape index (κ2) is 6.72. The van der Waals surface area contributed by atoms with Gasteiger partial charge in [-0.15, -0.1) is 0 Å². The topological polar surface area (TPSA) is 57.9 Å². The van der Waals surface area contributed by atoms with Crippen molar-refractivity contribution in [1.82, 2.24) is 10.3 Å². The number of rotatable bonds is 6. The number of pyridine rings is 1. The maximum Gasteiger partial charge on any atom is 0.128 e. The van der Waals surface area contributed by atoms with E-state index in [1.54, 1.807) is 6.20 Å².